The van der Waals surface area contributed by atoms with Crippen molar-refractivity contribution in [1.29, 1.82) is 0 Å². The molecule has 4 nitrogen and oxygen atoms in total. The maximum atomic E-state index is 12.5. The summed E-state index contributed by atoms with van der Waals surface area (Å²) in [4.78, 5) is 28.8. The van der Waals surface area contributed by atoms with Crippen molar-refractivity contribution < 1.29 is 4.79 Å². The summed E-state index contributed by atoms with van der Waals surface area (Å²) >= 11 is 4.99. The number of carbonyl (C=O) groups is 1. The van der Waals surface area contributed by atoms with E-state index < -0.39 is 0 Å². The van der Waals surface area contributed by atoms with Crippen LogP contribution in [0.25, 0.3) is 10.8 Å². The van der Waals surface area contributed by atoms with Gasteiger partial charge < -0.3 is 9.88 Å². The molecule has 0 saturated carbocycles. The Balaban J connectivity index is 1.89. The van der Waals surface area contributed by atoms with Crippen LogP contribution in [0.1, 0.15) is 16.1 Å². The molecule has 0 radical (unpaired) electrons. The zero-order valence-corrected chi connectivity index (χ0v) is 14.2. The highest BCUT2D eigenvalue weighted by molar-refractivity contribution is 9.11. The number of benzene rings is 1. The summed E-state index contributed by atoms with van der Waals surface area (Å²) < 4.78 is 1.03. The molecule has 112 valence electrons. The molecule has 3 rings (SSSR count). The first-order chi connectivity index (χ1) is 10.5. The molecule has 0 spiro atoms. The SMILES string of the molecule is CN(Cc1csc(Br)c1)C(=O)c1cc2ccccc2c(=O)[nH]1. The van der Waals surface area contributed by atoms with Crippen molar-refractivity contribution in [3.63, 3.8) is 0 Å². The lowest BCUT2D eigenvalue weighted by atomic mass is 10.1. The lowest BCUT2D eigenvalue weighted by Gasteiger charge is -2.16. The molecule has 6 heteroatoms. The van der Waals surface area contributed by atoms with Crippen LogP contribution < -0.4 is 5.56 Å². The second kappa shape index (κ2) is 6.06. The number of aromatic nitrogens is 1. The number of thiophene rings is 1. The lowest BCUT2D eigenvalue weighted by molar-refractivity contribution is 0.0779. The van der Waals surface area contributed by atoms with E-state index in [2.05, 4.69) is 20.9 Å². The largest absolute Gasteiger partial charge is 0.336 e. The van der Waals surface area contributed by atoms with Crippen LogP contribution in [0.3, 0.4) is 0 Å². The molecule has 0 aliphatic rings. The maximum absolute atomic E-state index is 12.5. The summed E-state index contributed by atoms with van der Waals surface area (Å²) in [5, 5.41) is 3.35. The first-order valence-corrected chi connectivity index (χ1v) is 8.32. The molecule has 1 amide bonds. The minimum absolute atomic E-state index is 0.204. The predicted octanol–water partition coefficient (Wildman–Crippen LogP) is 3.62. The van der Waals surface area contributed by atoms with Crippen molar-refractivity contribution >= 4 is 43.9 Å². The number of aromatic amines is 1. The number of amides is 1. The maximum Gasteiger partial charge on any atom is 0.270 e. The first-order valence-electron chi connectivity index (χ1n) is 6.65. The van der Waals surface area contributed by atoms with E-state index in [1.54, 1.807) is 41.5 Å². The molecule has 22 heavy (non-hydrogen) atoms. The molecule has 0 unspecified atom stereocenters. The van der Waals surface area contributed by atoms with Gasteiger partial charge in [-0.3, -0.25) is 9.59 Å². The summed E-state index contributed by atoms with van der Waals surface area (Å²) in [6, 6.07) is 10.9. The van der Waals surface area contributed by atoms with Gasteiger partial charge in [0.15, 0.2) is 0 Å². The van der Waals surface area contributed by atoms with Gasteiger partial charge in [0.05, 0.1) is 3.79 Å². The van der Waals surface area contributed by atoms with Crippen LogP contribution in [0.5, 0.6) is 0 Å². The van der Waals surface area contributed by atoms with Crippen molar-refractivity contribution in [2.45, 2.75) is 6.54 Å². The van der Waals surface area contributed by atoms with Crippen LogP contribution in [-0.2, 0) is 6.54 Å². The van der Waals surface area contributed by atoms with Crippen LogP contribution in [0.15, 0.2) is 50.4 Å². The Hall–Kier alpha value is -1.92. The van der Waals surface area contributed by atoms with E-state index in [1.807, 2.05) is 23.6 Å². The van der Waals surface area contributed by atoms with Gasteiger partial charge in [0, 0.05) is 19.0 Å². The third kappa shape index (κ3) is 2.98. The Labute approximate surface area is 139 Å². The highest BCUT2D eigenvalue weighted by Gasteiger charge is 2.15. The lowest BCUT2D eigenvalue weighted by Crippen LogP contribution is -2.28. The minimum atomic E-state index is -0.242. The fourth-order valence-corrected chi connectivity index (χ4v) is 3.51. The number of hydrogen-bond acceptors (Lipinski definition) is 3. The van der Waals surface area contributed by atoms with Crippen LogP contribution in [0, 0.1) is 0 Å². The quantitative estimate of drug-likeness (QED) is 0.758. The fraction of sp³-hybridized carbons (Fsp3) is 0.125. The molecule has 0 fully saturated rings. The molecular weight excluding hydrogens is 364 g/mol. The molecule has 2 heterocycles. The number of hydrogen-bond donors (Lipinski definition) is 1. The second-order valence-electron chi connectivity index (χ2n) is 5.02. The van der Waals surface area contributed by atoms with Crippen LogP contribution in [0.4, 0.5) is 0 Å². The molecule has 1 N–H and O–H groups in total. The third-order valence-corrected chi connectivity index (χ3v) is 4.93. The zero-order valence-electron chi connectivity index (χ0n) is 11.8. The molecule has 0 atom stereocenters. The summed E-state index contributed by atoms with van der Waals surface area (Å²) in [7, 11) is 1.72. The van der Waals surface area contributed by atoms with Crippen LogP contribution >= 0.6 is 27.3 Å². The van der Waals surface area contributed by atoms with Gasteiger partial charge in [0.25, 0.3) is 11.5 Å². The summed E-state index contributed by atoms with van der Waals surface area (Å²) in [6.07, 6.45) is 0. The number of halogens is 1. The molecular formula is C16H13BrN2O2S. The normalized spacial score (nSPS) is 10.8. The summed E-state index contributed by atoms with van der Waals surface area (Å²) in [5.41, 5.74) is 1.12. The van der Waals surface area contributed by atoms with Crippen molar-refractivity contribution in [3.8, 4) is 0 Å². The third-order valence-electron chi connectivity index (χ3n) is 3.37. The first kappa shape index (κ1) is 15.0. The average molecular weight is 377 g/mol. The molecule has 0 saturated heterocycles. The monoisotopic (exact) mass is 376 g/mol. The molecule has 0 aliphatic carbocycles. The predicted molar refractivity (Wildman–Crippen MR) is 92.4 cm³/mol. The highest BCUT2D eigenvalue weighted by Crippen LogP contribution is 2.22. The number of carbonyl (C=O) groups excluding carboxylic acids is 1. The van der Waals surface area contributed by atoms with E-state index >= 15 is 0 Å². The van der Waals surface area contributed by atoms with E-state index in [0.717, 1.165) is 14.7 Å². The Morgan fingerprint density at radius 3 is 2.82 bits per heavy atom. The zero-order chi connectivity index (χ0) is 15.7. The number of pyridine rings is 1. The molecule has 0 bridgehead atoms. The van der Waals surface area contributed by atoms with Crippen molar-refractivity contribution in [2.75, 3.05) is 7.05 Å². The van der Waals surface area contributed by atoms with Gasteiger partial charge in [-0.05, 0) is 50.5 Å². The Morgan fingerprint density at radius 1 is 1.32 bits per heavy atom. The van der Waals surface area contributed by atoms with Gasteiger partial charge in [0.1, 0.15) is 5.69 Å². The number of nitrogens with one attached hydrogen (secondary N) is 1. The van der Waals surface area contributed by atoms with E-state index in [-0.39, 0.29) is 11.5 Å². The number of rotatable bonds is 3. The highest BCUT2D eigenvalue weighted by atomic mass is 79.9. The molecule has 3 aromatic rings. The van der Waals surface area contributed by atoms with Gasteiger partial charge in [-0.2, -0.15) is 0 Å². The second-order valence-corrected chi connectivity index (χ2v) is 7.31. The van der Waals surface area contributed by atoms with Gasteiger partial charge in [-0.25, -0.2) is 0 Å². The van der Waals surface area contributed by atoms with Crippen molar-refractivity contribution in [3.05, 3.63) is 67.2 Å². The molecule has 1 aromatic carbocycles. The Bertz CT molecular complexity index is 900. The van der Waals surface area contributed by atoms with Crippen molar-refractivity contribution in [1.82, 2.24) is 9.88 Å². The van der Waals surface area contributed by atoms with Crippen LogP contribution in [0.2, 0.25) is 0 Å². The van der Waals surface area contributed by atoms with Crippen molar-refractivity contribution in [2.24, 2.45) is 0 Å². The Morgan fingerprint density at radius 2 is 2.09 bits per heavy atom. The van der Waals surface area contributed by atoms with Gasteiger partial charge >= 0.3 is 0 Å². The van der Waals surface area contributed by atoms with E-state index in [4.69, 9.17) is 0 Å². The summed E-state index contributed by atoms with van der Waals surface area (Å²) in [5.74, 6) is -0.204. The number of nitrogens with zero attached hydrogens (tertiary/aromatic N) is 1. The molecule has 0 aliphatic heterocycles. The minimum Gasteiger partial charge on any atom is -0.336 e. The smallest absolute Gasteiger partial charge is 0.270 e. The molecule has 2 aromatic heterocycles. The van der Waals surface area contributed by atoms with E-state index in [9.17, 15) is 9.59 Å². The summed E-state index contributed by atoms with van der Waals surface area (Å²) in [6.45, 7) is 0.496. The average Bonchev–Trinajstić information content (AvgIpc) is 2.91. The Kier molecular flexibility index (Phi) is 4.13. The number of H-pyrrole nitrogens is 1. The van der Waals surface area contributed by atoms with Gasteiger partial charge in [-0.1, -0.05) is 18.2 Å². The van der Waals surface area contributed by atoms with Gasteiger partial charge in [-0.15, -0.1) is 11.3 Å². The standard InChI is InChI=1S/C16H13BrN2O2S/c1-19(8-10-6-14(17)22-9-10)16(21)13-7-11-4-2-3-5-12(11)15(20)18-13/h2-7,9H,8H2,1H3,(H,18,20). The van der Waals surface area contributed by atoms with E-state index in [1.165, 1.54) is 0 Å². The topological polar surface area (TPSA) is 53.2 Å². The van der Waals surface area contributed by atoms with E-state index in [0.29, 0.717) is 17.6 Å². The van der Waals surface area contributed by atoms with Crippen LogP contribution in [-0.4, -0.2) is 22.8 Å². The fourth-order valence-electron chi connectivity index (χ4n) is 2.31. The number of fused-ring (bicyclic) bond motifs is 1. The van der Waals surface area contributed by atoms with Gasteiger partial charge in [0.2, 0.25) is 0 Å².